The van der Waals surface area contributed by atoms with E-state index >= 15 is 0 Å². The van der Waals surface area contributed by atoms with Gasteiger partial charge in [0.2, 0.25) is 5.91 Å². The van der Waals surface area contributed by atoms with Gasteiger partial charge in [-0.3, -0.25) is 4.79 Å². The van der Waals surface area contributed by atoms with Crippen LogP contribution in [-0.2, 0) is 9.53 Å². The van der Waals surface area contributed by atoms with Crippen molar-refractivity contribution in [1.29, 1.82) is 0 Å². The van der Waals surface area contributed by atoms with E-state index in [-0.39, 0.29) is 12.0 Å². The molecule has 0 spiro atoms. The summed E-state index contributed by atoms with van der Waals surface area (Å²) in [7, 11) is 3.86. The van der Waals surface area contributed by atoms with Gasteiger partial charge < -0.3 is 14.5 Å². The van der Waals surface area contributed by atoms with Gasteiger partial charge in [-0.2, -0.15) is 0 Å². The highest BCUT2D eigenvalue weighted by atomic mass is 16.5. The molecule has 104 valence electrons. The summed E-state index contributed by atoms with van der Waals surface area (Å²) in [5, 5.41) is 0. The second-order valence-electron chi connectivity index (χ2n) is 5.74. The molecular weight excluding hydrogens is 228 g/mol. The van der Waals surface area contributed by atoms with Crippen molar-refractivity contribution in [3.8, 4) is 0 Å². The largest absolute Gasteiger partial charge is 0.381 e. The molecule has 0 aromatic carbocycles. The number of likely N-dealkylation sites (N-methyl/N-ethyl adjacent to an activating group) is 1. The molecule has 3 atom stereocenters. The van der Waals surface area contributed by atoms with E-state index in [4.69, 9.17) is 4.74 Å². The minimum atomic E-state index is 0.0278. The predicted molar refractivity (Wildman–Crippen MR) is 71.5 cm³/mol. The van der Waals surface area contributed by atoms with E-state index in [9.17, 15) is 4.79 Å². The maximum Gasteiger partial charge on any atom is 0.225 e. The summed E-state index contributed by atoms with van der Waals surface area (Å²) in [6.07, 6.45) is 5.38. The Labute approximate surface area is 110 Å². The number of ether oxygens (including phenoxy) is 1. The van der Waals surface area contributed by atoms with Crippen molar-refractivity contribution in [2.75, 3.05) is 27.2 Å². The maximum absolute atomic E-state index is 12.3. The lowest BCUT2D eigenvalue weighted by Gasteiger charge is -2.33. The lowest BCUT2D eigenvalue weighted by molar-refractivity contribution is -0.135. The Bertz CT molecular complexity index is 296. The smallest absolute Gasteiger partial charge is 0.225 e. The van der Waals surface area contributed by atoms with Crippen LogP contribution in [0.4, 0.5) is 0 Å². The fourth-order valence-corrected chi connectivity index (χ4v) is 3.37. The quantitative estimate of drug-likeness (QED) is 0.762. The number of nitrogens with zero attached hydrogens (tertiary/aromatic N) is 2. The first-order chi connectivity index (χ1) is 8.63. The first-order valence-corrected chi connectivity index (χ1v) is 7.16. The molecule has 2 aliphatic heterocycles. The summed E-state index contributed by atoms with van der Waals surface area (Å²) in [6.45, 7) is 4.08. The van der Waals surface area contributed by atoms with Crippen LogP contribution < -0.4 is 0 Å². The van der Waals surface area contributed by atoms with Crippen LogP contribution in [0.25, 0.3) is 0 Å². The van der Waals surface area contributed by atoms with Crippen LogP contribution in [0.15, 0.2) is 0 Å². The molecular formula is C14H26N2O2. The molecule has 2 aliphatic rings. The number of carbonyl (C=O) groups excluding carboxylic acids is 1. The highest BCUT2D eigenvalue weighted by Gasteiger charge is 2.38. The molecule has 18 heavy (non-hydrogen) atoms. The highest BCUT2D eigenvalue weighted by Crippen LogP contribution is 2.29. The van der Waals surface area contributed by atoms with Crippen LogP contribution in [-0.4, -0.2) is 61.1 Å². The minimum absolute atomic E-state index is 0.0278. The molecule has 0 aromatic rings. The van der Waals surface area contributed by atoms with Crippen molar-refractivity contribution in [1.82, 2.24) is 9.80 Å². The summed E-state index contributed by atoms with van der Waals surface area (Å²) >= 11 is 0. The van der Waals surface area contributed by atoms with E-state index in [0.717, 1.165) is 13.0 Å². The van der Waals surface area contributed by atoms with Crippen LogP contribution in [0.5, 0.6) is 0 Å². The van der Waals surface area contributed by atoms with Gasteiger partial charge in [0, 0.05) is 25.7 Å². The number of carbonyl (C=O) groups is 1. The Morgan fingerprint density at radius 2 is 1.94 bits per heavy atom. The predicted octanol–water partition coefficient (Wildman–Crippen LogP) is 1.50. The fraction of sp³-hybridized carbons (Fsp3) is 0.929. The van der Waals surface area contributed by atoms with E-state index in [1.165, 1.54) is 25.8 Å². The number of rotatable bonds is 4. The van der Waals surface area contributed by atoms with Crippen molar-refractivity contribution in [3.05, 3.63) is 0 Å². The number of amides is 1. The first kappa shape index (κ1) is 13.8. The van der Waals surface area contributed by atoms with Gasteiger partial charge in [-0.1, -0.05) is 0 Å². The van der Waals surface area contributed by atoms with Gasteiger partial charge >= 0.3 is 0 Å². The van der Waals surface area contributed by atoms with Crippen molar-refractivity contribution < 1.29 is 9.53 Å². The molecule has 1 amide bonds. The molecule has 4 nitrogen and oxygen atoms in total. The number of likely N-dealkylation sites (tertiary alicyclic amines) is 2. The molecule has 0 aromatic heterocycles. The molecule has 2 fully saturated rings. The van der Waals surface area contributed by atoms with Crippen molar-refractivity contribution in [2.24, 2.45) is 0 Å². The summed E-state index contributed by atoms with van der Waals surface area (Å²) in [4.78, 5) is 16.9. The zero-order chi connectivity index (χ0) is 13.1. The third-order valence-corrected chi connectivity index (χ3v) is 4.51. The second kappa shape index (κ2) is 6.02. The molecule has 0 radical (unpaired) electrons. The Morgan fingerprint density at radius 3 is 2.56 bits per heavy atom. The van der Waals surface area contributed by atoms with Crippen LogP contribution in [0.3, 0.4) is 0 Å². The average molecular weight is 254 g/mol. The van der Waals surface area contributed by atoms with Gasteiger partial charge in [0.05, 0.1) is 12.5 Å². The summed E-state index contributed by atoms with van der Waals surface area (Å²) in [5.41, 5.74) is 0. The Kier molecular flexibility index (Phi) is 4.62. The monoisotopic (exact) mass is 254 g/mol. The molecule has 0 aliphatic carbocycles. The minimum Gasteiger partial charge on any atom is -0.381 e. The van der Waals surface area contributed by atoms with Gasteiger partial charge in [0.15, 0.2) is 0 Å². The molecule has 2 saturated heterocycles. The average Bonchev–Trinajstić information content (AvgIpc) is 2.96. The van der Waals surface area contributed by atoms with Gasteiger partial charge in [-0.05, 0) is 46.2 Å². The summed E-state index contributed by atoms with van der Waals surface area (Å²) in [5.74, 6) is 0.271. The number of methoxy groups -OCH3 is 1. The van der Waals surface area contributed by atoms with Crippen LogP contribution in [0, 0.1) is 0 Å². The van der Waals surface area contributed by atoms with Gasteiger partial charge in [-0.25, -0.2) is 0 Å². The fourth-order valence-electron chi connectivity index (χ4n) is 3.37. The lowest BCUT2D eigenvalue weighted by atomic mass is 10.0. The molecule has 3 unspecified atom stereocenters. The van der Waals surface area contributed by atoms with Crippen LogP contribution >= 0.6 is 0 Å². The van der Waals surface area contributed by atoms with E-state index in [0.29, 0.717) is 18.5 Å². The SMILES string of the molecule is COC(C)CC(=O)N1CCCC1C1CCCN1C. The molecule has 2 rings (SSSR count). The summed E-state index contributed by atoms with van der Waals surface area (Å²) < 4.78 is 5.20. The van der Waals surface area contributed by atoms with Crippen LogP contribution in [0.2, 0.25) is 0 Å². The molecule has 0 saturated carbocycles. The topological polar surface area (TPSA) is 32.8 Å². The van der Waals surface area contributed by atoms with E-state index in [1.807, 2.05) is 6.92 Å². The number of hydrogen-bond acceptors (Lipinski definition) is 3. The highest BCUT2D eigenvalue weighted by molar-refractivity contribution is 5.77. The molecule has 2 heterocycles. The Morgan fingerprint density at radius 1 is 1.28 bits per heavy atom. The zero-order valence-corrected chi connectivity index (χ0v) is 11.9. The third kappa shape index (κ3) is 2.86. The van der Waals surface area contributed by atoms with Gasteiger partial charge in [0.1, 0.15) is 0 Å². The third-order valence-electron chi connectivity index (χ3n) is 4.51. The van der Waals surface area contributed by atoms with Crippen molar-refractivity contribution in [2.45, 2.75) is 57.2 Å². The molecule has 4 heteroatoms. The Balaban J connectivity index is 1.96. The molecule has 0 N–H and O–H groups in total. The van der Waals surface area contributed by atoms with Crippen molar-refractivity contribution in [3.63, 3.8) is 0 Å². The Hall–Kier alpha value is -0.610. The lowest BCUT2D eigenvalue weighted by Crippen LogP contribution is -2.47. The van der Waals surface area contributed by atoms with E-state index in [2.05, 4.69) is 16.8 Å². The summed E-state index contributed by atoms with van der Waals surface area (Å²) in [6, 6.07) is 1.02. The van der Waals surface area contributed by atoms with E-state index in [1.54, 1.807) is 7.11 Å². The molecule has 0 bridgehead atoms. The number of hydrogen-bond donors (Lipinski definition) is 0. The second-order valence-corrected chi connectivity index (χ2v) is 5.74. The standard InChI is InChI=1S/C14H26N2O2/c1-11(18-3)10-14(17)16-9-5-7-13(16)12-6-4-8-15(12)2/h11-13H,4-10H2,1-3H3. The first-order valence-electron chi connectivity index (χ1n) is 7.16. The van der Waals surface area contributed by atoms with Gasteiger partial charge in [0.25, 0.3) is 0 Å². The van der Waals surface area contributed by atoms with Crippen LogP contribution in [0.1, 0.15) is 39.0 Å². The van der Waals surface area contributed by atoms with E-state index < -0.39 is 0 Å². The maximum atomic E-state index is 12.3. The zero-order valence-electron chi connectivity index (χ0n) is 11.9. The normalized spacial score (nSPS) is 30.9. The van der Waals surface area contributed by atoms with Crippen molar-refractivity contribution >= 4 is 5.91 Å². The van der Waals surface area contributed by atoms with Gasteiger partial charge in [-0.15, -0.1) is 0 Å².